The monoisotopic (exact) mass is 362 g/mol. The third-order valence-corrected chi connectivity index (χ3v) is 4.23. The minimum Gasteiger partial charge on any atom is -0.492 e. The van der Waals surface area contributed by atoms with Gasteiger partial charge in [-0.1, -0.05) is 26.0 Å². The number of amides is 2. The molecule has 0 N–H and O–H groups in total. The van der Waals surface area contributed by atoms with E-state index in [-0.39, 0.29) is 11.8 Å². The summed E-state index contributed by atoms with van der Waals surface area (Å²) >= 11 is 0. The second-order valence-corrected chi connectivity index (χ2v) is 6.71. The molecule has 0 saturated heterocycles. The summed E-state index contributed by atoms with van der Waals surface area (Å²) in [6.07, 6.45) is 3.38. The van der Waals surface area contributed by atoms with Crippen molar-refractivity contribution in [1.29, 1.82) is 0 Å². The lowest BCUT2D eigenvalue weighted by Crippen LogP contribution is -2.33. The van der Waals surface area contributed by atoms with Crippen LogP contribution in [-0.4, -0.2) is 54.9 Å². The van der Waals surface area contributed by atoms with Gasteiger partial charge < -0.3 is 14.5 Å². The molecule has 5 nitrogen and oxygen atoms in total. The van der Waals surface area contributed by atoms with E-state index in [1.165, 1.54) is 0 Å². The largest absolute Gasteiger partial charge is 0.492 e. The average molecular weight is 363 g/mol. The van der Waals surface area contributed by atoms with E-state index in [2.05, 4.69) is 13.8 Å². The molecule has 0 radical (unpaired) electrons. The Labute approximate surface area is 158 Å². The molecule has 1 aromatic rings. The summed E-state index contributed by atoms with van der Waals surface area (Å²) in [6.45, 7) is 8.78. The molecule has 0 spiro atoms. The van der Waals surface area contributed by atoms with Crippen LogP contribution < -0.4 is 4.74 Å². The Kier molecular flexibility index (Phi) is 10.4. The van der Waals surface area contributed by atoms with Crippen LogP contribution in [0.1, 0.15) is 51.5 Å². The van der Waals surface area contributed by atoms with Gasteiger partial charge in [0, 0.05) is 33.0 Å². The highest BCUT2D eigenvalue weighted by Gasteiger charge is 2.14. The van der Waals surface area contributed by atoms with E-state index in [9.17, 15) is 9.59 Å². The third-order valence-electron chi connectivity index (χ3n) is 4.23. The molecule has 0 aliphatic heterocycles. The van der Waals surface area contributed by atoms with Gasteiger partial charge >= 0.3 is 0 Å². The molecule has 0 atom stereocenters. The number of hydrogen-bond acceptors (Lipinski definition) is 3. The lowest BCUT2D eigenvalue weighted by Gasteiger charge is -2.22. The minimum absolute atomic E-state index is 0.0585. The normalized spacial score (nSPS) is 10.5. The van der Waals surface area contributed by atoms with Gasteiger partial charge in [0.2, 0.25) is 11.8 Å². The first-order valence-electron chi connectivity index (χ1n) is 9.69. The first-order valence-corrected chi connectivity index (χ1v) is 9.69. The lowest BCUT2D eigenvalue weighted by molar-refractivity contribution is -0.132. The van der Waals surface area contributed by atoms with Gasteiger partial charge in [0.1, 0.15) is 12.4 Å². The maximum absolute atomic E-state index is 12.2. The Hall–Kier alpha value is -2.04. The summed E-state index contributed by atoms with van der Waals surface area (Å²) in [5.74, 6) is 1.04. The zero-order valence-corrected chi connectivity index (χ0v) is 16.8. The van der Waals surface area contributed by atoms with E-state index < -0.39 is 0 Å². The van der Waals surface area contributed by atoms with Gasteiger partial charge in [-0.2, -0.15) is 0 Å². The van der Waals surface area contributed by atoms with E-state index >= 15 is 0 Å². The molecule has 0 fully saturated rings. The van der Waals surface area contributed by atoms with Crippen molar-refractivity contribution in [2.75, 3.05) is 33.3 Å². The maximum Gasteiger partial charge on any atom is 0.222 e. The van der Waals surface area contributed by atoms with Crippen LogP contribution in [0.3, 0.4) is 0 Å². The predicted octanol–water partition coefficient (Wildman–Crippen LogP) is 3.65. The van der Waals surface area contributed by atoms with Crippen molar-refractivity contribution in [3.05, 3.63) is 29.8 Å². The summed E-state index contributed by atoms with van der Waals surface area (Å²) in [5.41, 5.74) is 1.15. The van der Waals surface area contributed by atoms with Crippen LogP contribution in [0.15, 0.2) is 24.3 Å². The molecule has 0 bridgehead atoms. The summed E-state index contributed by atoms with van der Waals surface area (Å²) < 4.78 is 5.68. The van der Waals surface area contributed by atoms with Crippen LogP contribution in [0.4, 0.5) is 0 Å². The molecule has 0 aliphatic carbocycles. The van der Waals surface area contributed by atoms with Crippen molar-refractivity contribution < 1.29 is 14.3 Å². The molecule has 0 aromatic heterocycles. The average Bonchev–Trinajstić information content (AvgIpc) is 2.61. The molecule has 146 valence electrons. The Bertz CT molecular complexity index is 554. The molecule has 0 saturated carbocycles. The molecule has 1 rings (SSSR count). The third kappa shape index (κ3) is 8.37. The van der Waals surface area contributed by atoms with Crippen LogP contribution >= 0.6 is 0 Å². The number of carbonyl (C=O) groups excluding carboxylic acids is 2. The smallest absolute Gasteiger partial charge is 0.222 e. The molecule has 2 amide bonds. The van der Waals surface area contributed by atoms with Gasteiger partial charge in [0.05, 0.1) is 6.54 Å². The van der Waals surface area contributed by atoms with Crippen molar-refractivity contribution >= 4 is 11.8 Å². The van der Waals surface area contributed by atoms with Crippen LogP contribution in [0.2, 0.25) is 0 Å². The van der Waals surface area contributed by atoms with Crippen molar-refractivity contribution in [2.45, 2.75) is 52.9 Å². The second-order valence-electron chi connectivity index (χ2n) is 6.71. The van der Waals surface area contributed by atoms with Gasteiger partial charge in [-0.05, 0) is 43.9 Å². The molecule has 0 unspecified atom stereocenters. The predicted molar refractivity (Wildman–Crippen MR) is 105 cm³/mol. The highest BCUT2D eigenvalue weighted by atomic mass is 16.5. The van der Waals surface area contributed by atoms with Gasteiger partial charge in [0.25, 0.3) is 0 Å². The maximum atomic E-state index is 12.2. The Balaban J connectivity index is 2.26. The van der Waals surface area contributed by atoms with Crippen molar-refractivity contribution in [3.8, 4) is 5.75 Å². The van der Waals surface area contributed by atoms with Crippen molar-refractivity contribution in [3.63, 3.8) is 0 Å². The quantitative estimate of drug-likeness (QED) is 0.570. The highest BCUT2D eigenvalue weighted by molar-refractivity contribution is 5.78. The standard InChI is InChI=1S/C21H34N2O3/c1-5-13-23(14-6-2)21(25)12-8-11-20(24)22(4)15-16-26-19-10-7-9-18(3)17-19/h7,9-10,17H,5-6,8,11-16H2,1-4H3. The van der Waals surface area contributed by atoms with E-state index in [0.717, 1.165) is 37.2 Å². The fraction of sp³-hybridized carbons (Fsp3) is 0.619. The fourth-order valence-corrected chi connectivity index (χ4v) is 2.77. The number of likely N-dealkylation sites (N-methyl/N-ethyl adjacent to an activating group) is 1. The Morgan fingerprint density at radius 1 is 1.00 bits per heavy atom. The molecule has 0 aliphatic rings. The minimum atomic E-state index is 0.0585. The van der Waals surface area contributed by atoms with Crippen LogP contribution in [-0.2, 0) is 9.59 Å². The van der Waals surface area contributed by atoms with Crippen LogP contribution in [0.25, 0.3) is 0 Å². The topological polar surface area (TPSA) is 49.9 Å². The first kappa shape index (κ1) is 22.0. The summed E-state index contributed by atoms with van der Waals surface area (Å²) in [4.78, 5) is 28.0. The first-order chi connectivity index (χ1) is 12.5. The Morgan fingerprint density at radius 3 is 2.27 bits per heavy atom. The van der Waals surface area contributed by atoms with Gasteiger partial charge in [-0.15, -0.1) is 0 Å². The highest BCUT2D eigenvalue weighted by Crippen LogP contribution is 2.12. The van der Waals surface area contributed by atoms with Gasteiger partial charge in [0.15, 0.2) is 0 Å². The van der Waals surface area contributed by atoms with E-state index in [0.29, 0.717) is 32.4 Å². The van der Waals surface area contributed by atoms with Crippen molar-refractivity contribution in [1.82, 2.24) is 9.80 Å². The number of ether oxygens (including phenoxy) is 1. The lowest BCUT2D eigenvalue weighted by atomic mass is 10.2. The SMILES string of the molecule is CCCN(CCC)C(=O)CCCC(=O)N(C)CCOc1cccc(C)c1. The summed E-state index contributed by atoms with van der Waals surface area (Å²) in [5, 5.41) is 0. The zero-order chi connectivity index (χ0) is 19.4. The fourth-order valence-electron chi connectivity index (χ4n) is 2.77. The van der Waals surface area contributed by atoms with Crippen LogP contribution in [0, 0.1) is 6.92 Å². The van der Waals surface area contributed by atoms with Crippen LogP contribution in [0.5, 0.6) is 5.75 Å². The molecular weight excluding hydrogens is 328 g/mol. The number of benzene rings is 1. The van der Waals surface area contributed by atoms with Gasteiger partial charge in [-0.3, -0.25) is 9.59 Å². The van der Waals surface area contributed by atoms with E-state index in [4.69, 9.17) is 4.74 Å². The zero-order valence-electron chi connectivity index (χ0n) is 16.8. The summed E-state index contributed by atoms with van der Waals surface area (Å²) in [6, 6.07) is 7.87. The molecule has 5 heteroatoms. The number of rotatable bonds is 12. The Morgan fingerprint density at radius 2 is 1.65 bits per heavy atom. The number of hydrogen-bond donors (Lipinski definition) is 0. The van der Waals surface area contributed by atoms with Gasteiger partial charge in [-0.25, -0.2) is 0 Å². The number of nitrogens with zero attached hydrogens (tertiary/aromatic N) is 2. The molecule has 1 aromatic carbocycles. The molecular formula is C21H34N2O3. The summed E-state index contributed by atoms with van der Waals surface area (Å²) in [7, 11) is 1.78. The van der Waals surface area contributed by atoms with Crippen molar-refractivity contribution in [2.24, 2.45) is 0 Å². The second kappa shape index (κ2) is 12.3. The number of carbonyl (C=O) groups is 2. The molecule has 0 heterocycles. The molecule has 26 heavy (non-hydrogen) atoms. The number of aryl methyl sites for hydroxylation is 1. The van der Waals surface area contributed by atoms with E-state index in [1.54, 1.807) is 11.9 Å². The van der Waals surface area contributed by atoms with E-state index in [1.807, 2.05) is 36.1 Å².